The first-order valence-electron chi connectivity index (χ1n) is 17.0. The maximum Gasteiger partial charge on any atom is 0.410 e. The average Bonchev–Trinajstić information content (AvgIpc) is 3.80. The first-order valence-corrected chi connectivity index (χ1v) is 18.5. The maximum absolute atomic E-state index is 14.5. The Bertz CT molecular complexity index is 1970. The van der Waals surface area contributed by atoms with Crippen molar-refractivity contribution in [1.29, 1.82) is 0 Å². The van der Waals surface area contributed by atoms with Crippen LogP contribution < -0.4 is 9.46 Å². The van der Waals surface area contributed by atoms with E-state index in [-0.39, 0.29) is 53.3 Å². The Morgan fingerprint density at radius 1 is 1.06 bits per heavy atom. The van der Waals surface area contributed by atoms with Crippen molar-refractivity contribution in [3.63, 3.8) is 0 Å². The van der Waals surface area contributed by atoms with Crippen LogP contribution in [0.15, 0.2) is 53.4 Å². The number of aromatic nitrogens is 2. The number of rotatable bonds is 5. The van der Waals surface area contributed by atoms with Crippen molar-refractivity contribution in [2.75, 3.05) is 24.4 Å². The summed E-state index contributed by atoms with van der Waals surface area (Å²) < 4.78 is 84.8. The number of halogens is 3. The Balaban J connectivity index is 1.29. The van der Waals surface area contributed by atoms with Crippen LogP contribution in [0.25, 0.3) is 11.3 Å². The van der Waals surface area contributed by atoms with Gasteiger partial charge >= 0.3 is 12.3 Å². The molecular formula is C36H40F3N5O6S. The van der Waals surface area contributed by atoms with E-state index < -0.39 is 52.1 Å². The number of hydrogen-bond donors (Lipinski definition) is 1. The predicted molar refractivity (Wildman–Crippen MR) is 181 cm³/mol. The second-order valence-corrected chi connectivity index (χ2v) is 16.5. The van der Waals surface area contributed by atoms with E-state index in [1.807, 2.05) is 32.0 Å². The summed E-state index contributed by atoms with van der Waals surface area (Å²) in [6.45, 7) is 7.79. The van der Waals surface area contributed by atoms with Crippen molar-refractivity contribution in [2.24, 2.45) is 10.8 Å². The van der Waals surface area contributed by atoms with Gasteiger partial charge in [0.2, 0.25) is 11.8 Å². The number of nitrogens with one attached hydrogen (secondary N) is 1. The third-order valence-electron chi connectivity index (χ3n) is 10.6. The van der Waals surface area contributed by atoms with Crippen LogP contribution >= 0.6 is 0 Å². The standard InChI is InChI=1S/C36H40F3N5O6S/c1-21(2)50-33(46)43-19-34(20-43)15-25(16-34)44-26(17-35(11-12-35)36(37,38)39)18-49-29-14-28(30-22(3)7-5-8-23(30)4)40-32(41-29)42-51(47,48)27-10-6-9-24(13-27)31(44)45/h5-10,13-14,21,25-26H,11-12,15-20H2,1-4H3,(H,40,41,42)/t26-/m1/s1. The molecule has 0 radical (unpaired) electrons. The van der Waals surface area contributed by atoms with E-state index in [9.17, 15) is 31.2 Å². The van der Waals surface area contributed by atoms with Gasteiger partial charge in [0.1, 0.15) is 6.61 Å². The van der Waals surface area contributed by atoms with E-state index in [1.54, 1.807) is 18.7 Å². The zero-order valence-corrected chi connectivity index (χ0v) is 29.6. The molecule has 4 bridgehead atoms. The van der Waals surface area contributed by atoms with Crippen LogP contribution in [0.2, 0.25) is 0 Å². The number of benzene rings is 2. The molecule has 15 heteroatoms. The van der Waals surface area contributed by atoms with Crippen LogP contribution in [0.4, 0.5) is 23.9 Å². The van der Waals surface area contributed by atoms with Crippen LogP contribution in [0.5, 0.6) is 5.88 Å². The number of carbonyl (C=O) groups is 2. The van der Waals surface area contributed by atoms with Gasteiger partial charge in [0.15, 0.2) is 0 Å². The van der Waals surface area contributed by atoms with Crippen molar-refractivity contribution in [2.45, 2.75) is 89.1 Å². The molecule has 2 aromatic carbocycles. The molecule has 0 unspecified atom stereocenters. The summed E-state index contributed by atoms with van der Waals surface area (Å²) in [6.07, 6.45) is -4.83. The molecule has 1 aromatic heterocycles. The third kappa shape index (κ3) is 6.60. The van der Waals surface area contributed by atoms with Gasteiger partial charge in [0.25, 0.3) is 15.9 Å². The number of likely N-dealkylation sites (tertiary alicyclic amines) is 1. The highest BCUT2D eigenvalue weighted by molar-refractivity contribution is 7.92. The summed E-state index contributed by atoms with van der Waals surface area (Å²) in [5.74, 6) is -0.930. The number of anilines is 1. The molecule has 2 aliphatic heterocycles. The lowest BCUT2D eigenvalue weighted by molar-refractivity contribution is -0.194. The third-order valence-corrected chi connectivity index (χ3v) is 11.9. The zero-order chi connectivity index (χ0) is 36.5. The van der Waals surface area contributed by atoms with Crippen molar-refractivity contribution < 1.29 is 40.7 Å². The monoisotopic (exact) mass is 727 g/mol. The Kier molecular flexibility index (Phi) is 8.50. The molecule has 7 rings (SSSR count). The topological polar surface area (TPSA) is 131 Å². The van der Waals surface area contributed by atoms with Crippen LogP contribution in [0.3, 0.4) is 0 Å². The Morgan fingerprint density at radius 2 is 1.73 bits per heavy atom. The molecule has 4 aliphatic rings. The quantitative estimate of drug-likeness (QED) is 0.315. The summed E-state index contributed by atoms with van der Waals surface area (Å²) in [5.41, 5.74) is 0.551. The van der Waals surface area contributed by atoms with Crippen LogP contribution in [0.1, 0.15) is 67.4 Å². The van der Waals surface area contributed by atoms with Crippen molar-refractivity contribution in [1.82, 2.24) is 19.8 Å². The summed E-state index contributed by atoms with van der Waals surface area (Å²) in [7, 11) is -4.32. The van der Waals surface area contributed by atoms with Gasteiger partial charge in [-0.05, 0) is 89.1 Å². The molecule has 3 heterocycles. The normalized spacial score (nSPS) is 22.0. The van der Waals surface area contributed by atoms with E-state index in [4.69, 9.17) is 9.47 Å². The zero-order valence-electron chi connectivity index (χ0n) is 28.8. The molecule has 1 atom stereocenters. The molecule has 2 amide bonds. The second kappa shape index (κ2) is 12.4. The number of nitrogens with zero attached hydrogens (tertiary/aromatic N) is 4. The first kappa shape index (κ1) is 35.0. The SMILES string of the molecule is Cc1cccc(C)c1-c1cc2nc(n1)NS(=O)(=O)c1cccc(c1)C(=O)N(C1CC3(C1)CN(C(=O)OC(C)C)C3)[C@H](CC1(C(F)(F)F)CC1)CO2. The number of ether oxygens (including phenoxy) is 2. The number of amides is 2. The van der Waals surface area contributed by atoms with Crippen molar-refractivity contribution in [3.05, 3.63) is 65.2 Å². The molecular weight excluding hydrogens is 687 g/mol. The van der Waals surface area contributed by atoms with E-state index in [0.29, 0.717) is 31.6 Å². The summed E-state index contributed by atoms with van der Waals surface area (Å²) in [5, 5.41) is 0. The van der Waals surface area contributed by atoms with Gasteiger partial charge in [-0.15, -0.1) is 0 Å². The lowest BCUT2D eigenvalue weighted by Crippen LogP contribution is -2.69. The first-order chi connectivity index (χ1) is 24.0. The molecule has 3 aromatic rings. The molecule has 272 valence electrons. The molecule has 51 heavy (non-hydrogen) atoms. The molecule has 11 nitrogen and oxygen atoms in total. The lowest BCUT2D eigenvalue weighted by Gasteiger charge is -2.61. The minimum absolute atomic E-state index is 0.0135. The summed E-state index contributed by atoms with van der Waals surface area (Å²) in [6, 6.07) is 11.1. The van der Waals surface area contributed by atoms with E-state index in [2.05, 4.69) is 14.7 Å². The predicted octanol–water partition coefficient (Wildman–Crippen LogP) is 6.51. The molecule has 3 fully saturated rings. The average molecular weight is 728 g/mol. The van der Waals surface area contributed by atoms with Crippen LogP contribution in [-0.4, -0.2) is 84.2 Å². The molecule has 1 saturated heterocycles. The fourth-order valence-corrected chi connectivity index (χ4v) is 8.82. The highest BCUT2D eigenvalue weighted by Crippen LogP contribution is 2.61. The van der Waals surface area contributed by atoms with Gasteiger partial charge in [-0.1, -0.05) is 24.3 Å². The lowest BCUT2D eigenvalue weighted by atomic mass is 9.60. The number of sulfonamides is 1. The molecule has 2 aliphatic carbocycles. The van der Waals surface area contributed by atoms with E-state index in [1.165, 1.54) is 35.2 Å². The van der Waals surface area contributed by atoms with Crippen LogP contribution in [-0.2, 0) is 14.8 Å². The Morgan fingerprint density at radius 3 is 2.35 bits per heavy atom. The second-order valence-electron chi connectivity index (χ2n) is 14.8. The largest absolute Gasteiger partial charge is 0.475 e. The van der Waals surface area contributed by atoms with Crippen LogP contribution in [0, 0.1) is 24.7 Å². The number of carbonyl (C=O) groups excluding carboxylic acids is 2. The molecule has 1 N–H and O–H groups in total. The van der Waals surface area contributed by atoms with E-state index >= 15 is 0 Å². The molecule has 1 spiro atoms. The smallest absolute Gasteiger partial charge is 0.410 e. The minimum Gasteiger partial charge on any atom is -0.475 e. The van der Waals surface area contributed by atoms with Crippen molar-refractivity contribution >= 4 is 28.0 Å². The van der Waals surface area contributed by atoms with Gasteiger partial charge in [0.05, 0.1) is 28.2 Å². The number of hydrogen-bond acceptors (Lipinski definition) is 8. The number of alkyl halides is 3. The Labute approximate surface area is 294 Å². The molecule has 2 saturated carbocycles. The van der Waals surface area contributed by atoms with Gasteiger partial charge in [-0.25, -0.2) is 22.9 Å². The van der Waals surface area contributed by atoms with Gasteiger partial charge in [-0.2, -0.15) is 18.2 Å². The van der Waals surface area contributed by atoms with Gasteiger partial charge < -0.3 is 19.3 Å². The van der Waals surface area contributed by atoms with E-state index in [0.717, 1.165) is 16.7 Å². The highest BCUT2D eigenvalue weighted by atomic mass is 32.2. The fraction of sp³-hybridized carbons (Fsp3) is 0.500. The Hall–Kier alpha value is -4.40. The summed E-state index contributed by atoms with van der Waals surface area (Å²) >= 11 is 0. The summed E-state index contributed by atoms with van der Waals surface area (Å²) in [4.78, 5) is 38.6. The number of fused-ring (bicyclic) bond motifs is 4. The maximum atomic E-state index is 14.5. The fourth-order valence-electron chi connectivity index (χ4n) is 7.83. The minimum atomic E-state index is -4.50. The highest BCUT2D eigenvalue weighted by Gasteiger charge is 2.65. The van der Waals surface area contributed by atoms with Gasteiger partial charge in [0, 0.05) is 41.7 Å². The van der Waals surface area contributed by atoms with Gasteiger partial charge in [-0.3, -0.25) is 4.79 Å². The number of aryl methyl sites for hydroxylation is 2. The van der Waals surface area contributed by atoms with Crippen molar-refractivity contribution in [3.8, 4) is 17.1 Å².